The molecule has 1 aromatic carbocycles. The van der Waals surface area contributed by atoms with E-state index in [1.165, 1.54) is 24.9 Å². The minimum absolute atomic E-state index is 0.284. The Morgan fingerprint density at radius 1 is 1.30 bits per heavy atom. The van der Waals surface area contributed by atoms with Crippen LogP contribution in [0.4, 0.5) is 0 Å². The molecular weight excluding hydrogens is 360 g/mol. The van der Waals surface area contributed by atoms with Crippen molar-refractivity contribution in [1.82, 2.24) is 4.57 Å². The van der Waals surface area contributed by atoms with Crippen LogP contribution in [0.1, 0.15) is 28.9 Å². The lowest BCUT2D eigenvalue weighted by atomic mass is 10.1. The average Bonchev–Trinajstić information content (AvgIpc) is 3.15. The molecule has 0 saturated carbocycles. The van der Waals surface area contributed by atoms with Crippen molar-refractivity contribution >= 4 is 32.8 Å². The lowest BCUT2D eigenvalue weighted by molar-refractivity contribution is -0.901. The predicted molar refractivity (Wildman–Crippen MR) is 92.1 cm³/mol. The van der Waals surface area contributed by atoms with Gasteiger partial charge in [0.2, 0.25) is 0 Å². The first-order valence-electron chi connectivity index (χ1n) is 7.83. The van der Waals surface area contributed by atoms with Crippen molar-refractivity contribution in [3.05, 3.63) is 27.9 Å². The van der Waals surface area contributed by atoms with Crippen molar-refractivity contribution in [3.8, 4) is 5.75 Å². The number of hydrogen-bond acceptors (Lipinski definition) is 3. The number of rotatable bonds is 4. The van der Waals surface area contributed by atoms with E-state index >= 15 is 0 Å². The van der Waals surface area contributed by atoms with Crippen LogP contribution in [-0.4, -0.2) is 37.8 Å². The summed E-state index contributed by atoms with van der Waals surface area (Å²) in [5, 5.41) is 0.882. The number of carbonyl (C=O) groups is 1. The number of fused-ring (bicyclic) bond motifs is 1. The van der Waals surface area contributed by atoms with E-state index in [0.717, 1.165) is 40.7 Å². The van der Waals surface area contributed by atoms with Gasteiger partial charge in [-0.3, -0.25) is 0 Å². The molecular formula is C17H22BrN2O3+. The first-order chi connectivity index (χ1) is 11.1. The summed E-state index contributed by atoms with van der Waals surface area (Å²) in [7, 11) is 5.07. The van der Waals surface area contributed by atoms with Crippen LogP contribution in [0.25, 0.3) is 10.9 Å². The zero-order valence-corrected chi connectivity index (χ0v) is 15.3. The molecule has 1 saturated heterocycles. The Labute approximate surface area is 144 Å². The maximum Gasteiger partial charge on any atom is 0.340 e. The van der Waals surface area contributed by atoms with Gasteiger partial charge in [0.25, 0.3) is 0 Å². The Hall–Kier alpha value is -1.53. The van der Waals surface area contributed by atoms with E-state index in [1.54, 1.807) is 7.11 Å². The summed E-state index contributed by atoms with van der Waals surface area (Å²) >= 11 is 3.53. The zero-order chi connectivity index (χ0) is 16.6. The van der Waals surface area contributed by atoms with Gasteiger partial charge in [0.1, 0.15) is 12.3 Å². The van der Waals surface area contributed by atoms with E-state index in [0.29, 0.717) is 11.3 Å². The van der Waals surface area contributed by atoms with Gasteiger partial charge < -0.3 is 18.9 Å². The Morgan fingerprint density at radius 3 is 2.61 bits per heavy atom. The molecule has 124 valence electrons. The number of nitrogens with zero attached hydrogens (tertiary/aromatic N) is 1. The number of aromatic nitrogens is 1. The van der Waals surface area contributed by atoms with Crippen LogP contribution in [0.3, 0.4) is 0 Å². The third-order valence-electron chi connectivity index (χ3n) is 4.71. The number of carbonyl (C=O) groups excluding carboxylic acids is 1. The highest BCUT2D eigenvalue weighted by Crippen LogP contribution is 2.34. The van der Waals surface area contributed by atoms with Gasteiger partial charge in [0.15, 0.2) is 0 Å². The molecule has 1 aliphatic heterocycles. The number of benzene rings is 1. The summed E-state index contributed by atoms with van der Waals surface area (Å²) in [6.45, 7) is 3.17. The summed E-state index contributed by atoms with van der Waals surface area (Å²) in [5.41, 5.74) is 2.70. The summed E-state index contributed by atoms with van der Waals surface area (Å²) in [6.07, 6.45) is 2.51. The fourth-order valence-electron chi connectivity index (χ4n) is 3.47. The van der Waals surface area contributed by atoms with Gasteiger partial charge in [-0.1, -0.05) is 0 Å². The van der Waals surface area contributed by atoms with E-state index in [2.05, 4.69) is 20.5 Å². The smallest absolute Gasteiger partial charge is 0.340 e. The van der Waals surface area contributed by atoms with Crippen LogP contribution in [0.5, 0.6) is 5.75 Å². The molecule has 5 nitrogen and oxygen atoms in total. The van der Waals surface area contributed by atoms with E-state index in [1.807, 2.05) is 19.2 Å². The molecule has 0 bridgehead atoms. The molecule has 0 atom stereocenters. The molecule has 2 aromatic rings. The second kappa shape index (κ2) is 6.53. The molecule has 0 unspecified atom stereocenters. The molecule has 0 spiro atoms. The number of nitrogens with one attached hydrogen (secondary N) is 1. The summed E-state index contributed by atoms with van der Waals surface area (Å²) in [4.78, 5) is 13.9. The van der Waals surface area contributed by atoms with Gasteiger partial charge in [-0.2, -0.15) is 0 Å². The summed E-state index contributed by atoms with van der Waals surface area (Å²) < 4.78 is 13.4. The van der Waals surface area contributed by atoms with Crippen LogP contribution >= 0.6 is 15.9 Å². The van der Waals surface area contributed by atoms with Gasteiger partial charge in [-0.15, -0.1) is 0 Å². The highest BCUT2D eigenvalue weighted by molar-refractivity contribution is 9.10. The second-order valence-corrected chi connectivity index (χ2v) is 6.86. The van der Waals surface area contributed by atoms with Crippen LogP contribution in [0.15, 0.2) is 16.6 Å². The number of esters is 1. The van der Waals surface area contributed by atoms with E-state index in [4.69, 9.17) is 9.47 Å². The Bertz CT molecular complexity index is 748. The standard InChI is InChI=1S/C17H21BrN2O3/c1-19-13-9-12(18)15(22-2)8-11(13)16(17(21)23-3)14(19)10-20-6-4-5-7-20/h8-9H,4-7,10H2,1-3H3/p+1. The maximum absolute atomic E-state index is 12.4. The van der Waals surface area contributed by atoms with E-state index < -0.39 is 0 Å². The van der Waals surface area contributed by atoms with E-state index in [-0.39, 0.29) is 5.97 Å². The zero-order valence-electron chi connectivity index (χ0n) is 13.7. The molecule has 0 aliphatic carbocycles. The largest absolute Gasteiger partial charge is 0.496 e. The number of halogens is 1. The predicted octanol–water partition coefficient (Wildman–Crippen LogP) is 1.91. The second-order valence-electron chi connectivity index (χ2n) is 6.01. The van der Waals surface area contributed by atoms with Gasteiger partial charge in [0.05, 0.1) is 48.6 Å². The highest BCUT2D eigenvalue weighted by atomic mass is 79.9. The maximum atomic E-state index is 12.4. The molecule has 2 heterocycles. The lowest BCUT2D eigenvalue weighted by Gasteiger charge is -2.14. The quantitative estimate of drug-likeness (QED) is 0.822. The molecule has 1 N–H and O–H groups in total. The Balaban J connectivity index is 2.19. The SMILES string of the molecule is COC(=O)c1c(C[NH+]2CCCC2)n(C)c2cc(Br)c(OC)cc12. The molecule has 1 aromatic heterocycles. The normalized spacial score (nSPS) is 15.3. The molecule has 0 amide bonds. The first-order valence-corrected chi connectivity index (χ1v) is 8.62. The number of hydrogen-bond donors (Lipinski definition) is 1. The highest BCUT2D eigenvalue weighted by Gasteiger charge is 2.27. The molecule has 6 heteroatoms. The van der Waals surface area contributed by atoms with Crippen molar-refractivity contribution in [3.63, 3.8) is 0 Å². The van der Waals surface area contributed by atoms with Gasteiger partial charge in [0, 0.05) is 25.3 Å². The molecule has 0 radical (unpaired) electrons. The van der Waals surface area contributed by atoms with Crippen molar-refractivity contribution in [1.29, 1.82) is 0 Å². The molecule has 1 fully saturated rings. The molecule has 3 rings (SSSR count). The van der Waals surface area contributed by atoms with Crippen LogP contribution in [0.2, 0.25) is 0 Å². The van der Waals surface area contributed by atoms with Crippen LogP contribution in [-0.2, 0) is 18.3 Å². The average molecular weight is 382 g/mol. The minimum Gasteiger partial charge on any atom is -0.496 e. The fourth-order valence-corrected chi connectivity index (χ4v) is 3.96. The number of methoxy groups -OCH3 is 2. The number of aryl methyl sites for hydroxylation is 1. The van der Waals surface area contributed by atoms with Gasteiger partial charge in [-0.25, -0.2) is 4.79 Å². The van der Waals surface area contributed by atoms with Gasteiger partial charge in [-0.05, 0) is 28.1 Å². The summed E-state index contributed by atoms with van der Waals surface area (Å²) in [6, 6.07) is 3.91. The van der Waals surface area contributed by atoms with Crippen molar-refractivity contribution in [2.24, 2.45) is 7.05 Å². The number of ether oxygens (including phenoxy) is 2. The van der Waals surface area contributed by atoms with E-state index in [9.17, 15) is 4.79 Å². The third-order valence-corrected chi connectivity index (χ3v) is 5.33. The van der Waals surface area contributed by atoms with Crippen molar-refractivity contribution < 1.29 is 19.2 Å². The van der Waals surface area contributed by atoms with Crippen LogP contribution < -0.4 is 9.64 Å². The number of likely N-dealkylation sites (tertiary alicyclic amines) is 1. The molecule has 1 aliphatic rings. The Kier molecular flexibility index (Phi) is 4.64. The molecule has 23 heavy (non-hydrogen) atoms. The minimum atomic E-state index is -0.284. The topological polar surface area (TPSA) is 44.9 Å². The monoisotopic (exact) mass is 381 g/mol. The van der Waals surface area contributed by atoms with Crippen molar-refractivity contribution in [2.45, 2.75) is 19.4 Å². The number of quaternary nitrogens is 1. The summed E-state index contributed by atoms with van der Waals surface area (Å²) in [5.74, 6) is 0.432. The third kappa shape index (κ3) is 2.85. The fraction of sp³-hybridized carbons (Fsp3) is 0.471. The van der Waals surface area contributed by atoms with Crippen molar-refractivity contribution in [2.75, 3.05) is 27.3 Å². The van der Waals surface area contributed by atoms with Gasteiger partial charge >= 0.3 is 5.97 Å². The Morgan fingerprint density at radius 2 is 2.00 bits per heavy atom. The van der Waals surface area contributed by atoms with Crippen LogP contribution in [0, 0.1) is 0 Å². The lowest BCUT2D eigenvalue weighted by Crippen LogP contribution is -3.08. The first kappa shape index (κ1) is 16.3.